The van der Waals surface area contributed by atoms with Crippen molar-refractivity contribution < 1.29 is 4.79 Å². The molecule has 2 N–H and O–H groups in total. The molecule has 1 heterocycles. The molecular formula is C18H20N2O. The number of likely N-dealkylation sites (N-methyl/N-ethyl adjacent to an activating group) is 1. The Morgan fingerprint density at radius 3 is 2.81 bits per heavy atom. The number of hydrogen-bond acceptors (Lipinski definition) is 2. The Kier molecular flexibility index (Phi) is 3.91. The Hall–Kier alpha value is -2.29. The van der Waals surface area contributed by atoms with Gasteiger partial charge in [-0.3, -0.25) is 4.79 Å². The minimum Gasteiger partial charge on any atom is -0.378 e. The highest BCUT2D eigenvalue weighted by atomic mass is 16.1. The smallest absolute Gasteiger partial charge is 0.224 e. The number of carbonyl (C=O) groups excluding carboxylic acids is 1. The lowest BCUT2D eigenvalue weighted by molar-refractivity contribution is -0.119. The average Bonchev–Trinajstić information content (AvgIpc) is 2.55. The van der Waals surface area contributed by atoms with Crippen molar-refractivity contribution in [3.05, 3.63) is 65.2 Å². The van der Waals surface area contributed by atoms with Crippen LogP contribution in [0.4, 0.5) is 5.69 Å². The van der Waals surface area contributed by atoms with Crippen molar-refractivity contribution in [2.24, 2.45) is 0 Å². The SMILES string of the molecule is CNC(=O)Cc1ccc2c(c1)CCC(c1ccccc1)N2. The molecule has 1 aliphatic heterocycles. The van der Waals surface area contributed by atoms with Crippen molar-refractivity contribution in [2.75, 3.05) is 12.4 Å². The first-order valence-corrected chi connectivity index (χ1v) is 7.40. The van der Waals surface area contributed by atoms with E-state index in [0.717, 1.165) is 18.4 Å². The predicted molar refractivity (Wildman–Crippen MR) is 85.3 cm³/mol. The van der Waals surface area contributed by atoms with Crippen LogP contribution in [0.3, 0.4) is 0 Å². The van der Waals surface area contributed by atoms with Gasteiger partial charge in [0.05, 0.1) is 12.5 Å². The maximum absolute atomic E-state index is 11.5. The topological polar surface area (TPSA) is 41.1 Å². The second-order valence-electron chi connectivity index (χ2n) is 5.49. The third kappa shape index (κ3) is 3.07. The summed E-state index contributed by atoms with van der Waals surface area (Å²) in [6, 6.07) is 17.2. The molecule has 1 unspecified atom stereocenters. The third-order valence-electron chi connectivity index (χ3n) is 4.05. The maximum atomic E-state index is 11.5. The van der Waals surface area contributed by atoms with Gasteiger partial charge in [0.15, 0.2) is 0 Å². The minimum atomic E-state index is 0.0564. The van der Waals surface area contributed by atoms with Gasteiger partial charge < -0.3 is 10.6 Å². The van der Waals surface area contributed by atoms with Crippen LogP contribution in [0.2, 0.25) is 0 Å². The van der Waals surface area contributed by atoms with Crippen molar-refractivity contribution in [3.8, 4) is 0 Å². The summed E-state index contributed by atoms with van der Waals surface area (Å²) in [6.07, 6.45) is 2.58. The van der Waals surface area contributed by atoms with Crippen molar-refractivity contribution in [1.82, 2.24) is 5.32 Å². The largest absolute Gasteiger partial charge is 0.378 e. The van der Waals surface area contributed by atoms with Crippen LogP contribution in [0, 0.1) is 0 Å². The molecule has 0 fully saturated rings. The predicted octanol–water partition coefficient (Wildman–Crippen LogP) is 3.07. The number of amides is 1. The molecular weight excluding hydrogens is 260 g/mol. The summed E-state index contributed by atoms with van der Waals surface area (Å²) in [6.45, 7) is 0. The lowest BCUT2D eigenvalue weighted by Crippen LogP contribution is -2.21. The van der Waals surface area contributed by atoms with Crippen LogP contribution >= 0.6 is 0 Å². The molecule has 0 radical (unpaired) electrons. The van der Waals surface area contributed by atoms with Gasteiger partial charge >= 0.3 is 0 Å². The fourth-order valence-electron chi connectivity index (χ4n) is 2.87. The van der Waals surface area contributed by atoms with E-state index >= 15 is 0 Å². The molecule has 0 aromatic heterocycles. The number of carbonyl (C=O) groups is 1. The summed E-state index contributed by atoms with van der Waals surface area (Å²) in [4.78, 5) is 11.5. The average molecular weight is 280 g/mol. The number of hydrogen-bond donors (Lipinski definition) is 2. The van der Waals surface area contributed by atoms with Crippen molar-refractivity contribution in [1.29, 1.82) is 0 Å². The molecule has 3 nitrogen and oxygen atoms in total. The number of rotatable bonds is 3. The molecule has 0 saturated carbocycles. The van der Waals surface area contributed by atoms with E-state index in [1.54, 1.807) is 7.05 Å². The van der Waals surface area contributed by atoms with Crippen molar-refractivity contribution in [2.45, 2.75) is 25.3 Å². The summed E-state index contributed by atoms with van der Waals surface area (Å²) in [7, 11) is 1.67. The van der Waals surface area contributed by atoms with Gasteiger partial charge in [0, 0.05) is 12.7 Å². The normalized spacial score (nSPS) is 16.7. The van der Waals surface area contributed by atoms with E-state index in [0.29, 0.717) is 12.5 Å². The highest BCUT2D eigenvalue weighted by molar-refractivity contribution is 5.78. The fourth-order valence-corrected chi connectivity index (χ4v) is 2.87. The van der Waals surface area contributed by atoms with Gasteiger partial charge in [0.25, 0.3) is 0 Å². The minimum absolute atomic E-state index is 0.0564. The van der Waals surface area contributed by atoms with Crippen LogP contribution in [0.25, 0.3) is 0 Å². The number of anilines is 1. The van der Waals surface area contributed by atoms with Crippen LogP contribution in [0.15, 0.2) is 48.5 Å². The molecule has 21 heavy (non-hydrogen) atoms. The van der Waals surface area contributed by atoms with Crippen molar-refractivity contribution >= 4 is 11.6 Å². The summed E-state index contributed by atoms with van der Waals surface area (Å²) in [5, 5.41) is 6.27. The molecule has 0 saturated heterocycles. The van der Waals surface area contributed by atoms with E-state index in [9.17, 15) is 4.79 Å². The van der Waals surface area contributed by atoms with Gasteiger partial charge in [0.1, 0.15) is 0 Å². The summed E-state index contributed by atoms with van der Waals surface area (Å²) >= 11 is 0. The monoisotopic (exact) mass is 280 g/mol. The Balaban J connectivity index is 1.77. The zero-order chi connectivity index (χ0) is 14.7. The first kappa shape index (κ1) is 13.7. The Labute approximate surface area is 125 Å². The first-order chi connectivity index (χ1) is 10.3. The Morgan fingerprint density at radius 1 is 1.24 bits per heavy atom. The molecule has 0 aliphatic carbocycles. The molecule has 3 rings (SSSR count). The summed E-state index contributed by atoms with van der Waals surface area (Å²) in [5.41, 5.74) is 4.91. The fraction of sp³-hybridized carbons (Fsp3) is 0.278. The maximum Gasteiger partial charge on any atom is 0.224 e. The number of nitrogens with one attached hydrogen (secondary N) is 2. The standard InChI is InChI=1S/C18H20N2O/c1-19-18(21)12-13-7-9-17-15(11-13)8-10-16(20-17)14-5-3-2-4-6-14/h2-7,9,11,16,20H,8,10,12H2,1H3,(H,19,21). The highest BCUT2D eigenvalue weighted by Crippen LogP contribution is 2.33. The molecule has 2 aromatic carbocycles. The lowest BCUT2D eigenvalue weighted by Gasteiger charge is -2.28. The van der Waals surface area contributed by atoms with Gasteiger partial charge in [-0.2, -0.15) is 0 Å². The Bertz CT molecular complexity index is 637. The zero-order valence-corrected chi connectivity index (χ0v) is 12.2. The molecule has 0 bridgehead atoms. The molecule has 1 aliphatic rings. The van der Waals surface area contributed by atoms with E-state index in [-0.39, 0.29) is 5.91 Å². The van der Waals surface area contributed by atoms with Crippen LogP contribution in [-0.2, 0) is 17.6 Å². The van der Waals surface area contributed by atoms with Gasteiger partial charge in [-0.05, 0) is 35.6 Å². The van der Waals surface area contributed by atoms with E-state index in [4.69, 9.17) is 0 Å². The number of aryl methyl sites for hydroxylation is 1. The summed E-state index contributed by atoms with van der Waals surface area (Å²) < 4.78 is 0. The van der Waals surface area contributed by atoms with Gasteiger partial charge in [-0.25, -0.2) is 0 Å². The number of fused-ring (bicyclic) bond motifs is 1. The third-order valence-corrected chi connectivity index (χ3v) is 4.05. The van der Waals surface area contributed by atoms with Crippen LogP contribution in [-0.4, -0.2) is 13.0 Å². The van der Waals surface area contributed by atoms with Crippen LogP contribution < -0.4 is 10.6 Å². The lowest BCUT2D eigenvalue weighted by atomic mass is 9.92. The van der Waals surface area contributed by atoms with Gasteiger partial charge in [0.2, 0.25) is 5.91 Å². The quantitative estimate of drug-likeness (QED) is 0.907. The molecule has 3 heteroatoms. The molecule has 0 spiro atoms. The first-order valence-electron chi connectivity index (χ1n) is 7.40. The Morgan fingerprint density at radius 2 is 2.05 bits per heavy atom. The van der Waals surface area contributed by atoms with Crippen LogP contribution in [0.5, 0.6) is 0 Å². The van der Waals surface area contributed by atoms with E-state index in [1.807, 2.05) is 12.1 Å². The van der Waals surface area contributed by atoms with Crippen LogP contribution in [0.1, 0.15) is 29.2 Å². The van der Waals surface area contributed by atoms with Gasteiger partial charge in [-0.15, -0.1) is 0 Å². The molecule has 2 aromatic rings. The molecule has 1 atom stereocenters. The van der Waals surface area contributed by atoms with Gasteiger partial charge in [-0.1, -0.05) is 42.5 Å². The summed E-state index contributed by atoms with van der Waals surface area (Å²) in [5.74, 6) is 0.0564. The highest BCUT2D eigenvalue weighted by Gasteiger charge is 2.19. The van der Waals surface area contributed by atoms with E-state index < -0.39 is 0 Å². The van der Waals surface area contributed by atoms with E-state index in [2.05, 4.69) is 47.0 Å². The second kappa shape index (κ2) is 6.00. The van der Waals surface area contributed by atoms with E-state index in [1.165, 1.54) is 16.8 Å². The molecule has 1 amide bonds. The zero-order valence-electron chi connectivity index (χ0n) is 12.2. The molecule has 108 valence electrons. The van der Waals surface area contributed by atoms with Crippen molar-refractivity contribution in [3.63, 3.8) is 0 Å². The number of benzene rings is 2. The second-order valence-corrected chi connectivity index (χ2v) is 5.49.